The van der Waals surface area contributed by atoms with Crippen molar-refractivity contribution >= 4 is 28.0 Å². The number of urea groups is 1. The number of benzene rings is 1. The van der Waals surface area contributed by atoms with Gasteiger partial charge in [-0.05, 0) is 17.2 Å². The zero-order chi connectivity index (χ0) is 22.3. The lowest BCUT2D eigenvalue weighted by molar-refractivity contribution is 0.0691. The molecule has 2 aromatic rings. The Balaban J connectivity index is 2.34. The maximum Gasteiger partial charge on any atom is 0.337 e. The van der Waals surface area contributed by atoms with Crippen molar-refractivity contribution in [1.82, 2.24) is 14.7 Å². The fraction of sp³-hybridized carbons (Fsp3) is 0.200. The minimum Gasteiger partial charge on any atom is -0.481 e. The quantitative estimate of drug-likeness (QED) is 0.310. The Bertz CT molecular complexity index is 1110. The third-order valence-corrected chi connectivity index (χ3v) is 4.84. The van der Waals surface area contributed by atoms with Gasteiger partial charge in [-0.2, -0.15) is 9.97 Å². The Morgan fingerprint density at radius 2 is 1.87 bits per heavy atom. The number of hydrogen-bond acceptors (Lipinski definition) is 9. The second-order valence-electron chi connectivity index (χ2n) is 5.32. The number of sulfonamides is 1. The minimum atomic E-state index is -4.63. The molecule has 0 saturated carbocycles. The molecule has 0 radical (unpaired) electrons. The normalized spacial score (nSPS) is 10.5. The van der Waals surface area contributed by atoms with Crippen LogP contribution in [0.4, 0.5) is 10.7 Å². The summed E-state index contributed by atoms with van der Waals surface area (Å²) in [6.07, 6.45) is 0. The number of methoxy groups -OCH3 is 2. The first-order chi connectivity index (χ1) is 14.2. The summed E-state index contributed by atoms with van der Waals surface area (Å²) < 4.78 is 36.7. The SMILES string of the molecule is COc1cc(OC)nc(NC(=O)NS(=O)(=O)c2cccc(CN=[N+]=[N-])c2C(=O)O)n1. The third kappa shape index (κ3) is 5.24. The van der Waals surface area contributed by atoms with Crippen molar-refractivity contribution in [3.63, 3.8) is 0 Å². The van der Waals surface area contributed by atoms with Gasteiger partial charge in [-0.3, -0.25) is 5.32 Å². The van der Waals surface area contributed by atoms with E-state index >= 15 is 0 Å². The lowest BCUT2D eigenvalue weighted by Crippen LogP contribution is -2.35. The molecule has 0 unspecified atom stereocenters. The number of rotatable bonds is 8. The van der Waals surface area contributed by atoms with Gasteiger partial charge in [0.25, 0.3) is 10.0 Å². The summed E-state index contributed by atoms with van der Waals surface area (Å²) in [6, 6.07) is 3.59. The number of aromatic nitrogens is 2. The van der Waals surface area contributed by atoms with Gasteiger partial charge in [0.15, 0.2) is 0 Å². The molecule has 0 fully saturated rings. The summed E-state index contributed by atoms with van der Waals surface area (Å²) in [5.74, 6) is -1.83. The highest BCUT2D eigenvalue weighted by atomic mass is 32.2. The van der Waals surface area contributed by atoms with E-state index in [4.69, 9.17) is 15.0 Å². The number of carbonyl (C=O) groups is 2. The molecule has 1 aromatic carbocycles. The van der Waals surface area contributed by atoms with Crippen LogP contribution < -0.4 is 19.5 Å². The molecule has 1 heterocycles. The molecule has 0 aliphatic rings. The van der Waals surface area contributed by atoms with E-state index in [1.54, 1.807) is 4.72 Å². The van der Waals surface area contributed by atoms with Gasteiger partial charge in [0, 0.05) is 4.91 Å². The van der Waals surface area contributed by atoms with Crippen LogP contribution in [-0.4, -0.2) is 49.7 Å². The van der Waals surface area contributed by atoms with Crippen LogP contribution in [0.15, 0.2) is 34.3 Å². The van der Waals surface area contributed by atoms with E-state index < -0.39 is 39.0 Å². The average Bonchev–Trinajstić information content (AvgIpc) is 2.70. The molecule has 3 N–H and O–H groups in total. The van der Waals surface area contributed by atoms with Crippen molar-refractivity contribution < 1.29 is 32.6 Å². The topological polar surface area (TPSA) is 206 Å². The molecule has 0 bridgehead atoms. The molecule has 2 rings (SSSR count). The standard InChI is InChI=1S/C15H15N7O7S/c1-28-10-6-11(29-2)19-14(18-10)20-15(25)21-30(26,27)9-5-3-4-8(7-17-22-16)12(9)13(23)24/h3-6H,7H2,1-2H3,(H,23,24)(H2,18,19,20,21,25). The van der Waals surface area contributed by atoms with Gasteiger partial charge in [0.2, 0.25) is 17.7 Å². The monoisotopic (exact) mass is 437 g/mol. The van der Waals surface area contributed by atoms with Crippen LogP contribution in [0, 0.1) is 0 Å². The zero-order valence-electron chi connectivity index (χ0n) is 15.6. The number of carboxylic acid groups (broad SMARTS) is 1. The molecule has 15 heteroatoms. The first-order valence-electron chi connectivity index (χ1n) is 7.88. The maximum absolute atomic E-state index is 12.6. The summed E-state index contributed by atoms with van der Waals surface area (Å²) >= 11 is 0. The number of hydrogen-bond donors (Lipinski definition) is 3. The van der Waals surface area contributed by atoms with E-state index in [-0.39, 0.29) is 23.3 Å². The fourth-order valence-corrected chi connectivity index (χ4v) is 3.41. The number of carboxylic acids is 1. The zero-order valence-corrected chi connectivity index (χ0v) is 16.4. The first kappa shape index (κ1) is 22.2. The molecule has 0 saturated heterocycles. The van der Waals surface area contributed by atoms with Gasteiger partial charge in [-0.1, -0.05) is 17.2 Å². The number of aromatic carboxylic acids is 1. The van der Waals surface area contributed by atoms with Crippen molar-refractivity contribution in [2.24, 2.45) is 5.11 Å². The molecule has 0 aliphatic carbocycles. The Labute approximate surface area is 169 Å². The average molecular weight is 437 g/mol. The number of azide groups is 1. The molecule has 0 atom stereocenters. The fourth-order valence-electron chi connectivity index (χ4n) is 2.26. The van der Waals surface area contributed by atoms with Crippen LogP contribution in [0.5, 0.6) is 11.8 Å². The Kier molecular flexibility index (Phi) is 6.95. The van der Waals surface area contributed by atoms with Gasteiger partial charge in [-0.25, -0.2) is 22.7 Å². The van der Waals surface area contributed by atoms with Crippen LogP contribution in [0.1, 0.15) is 15.9 Å². The molecule has 14 nitrogen and oxygen atoms in total. The molecule has 158 valence electrons. The summed E-state index contributed by atoms with van der Waals surface area (Å²) in [7, 11) is -2.01. The minimum absolute atomic E-state index is 0.0407. The smallest absolute Gasteiger partial charge is 0.337 e. The van der Waals surface area contributed by atoms with Crippen LogP contribution in [0.25, 0.3) is 10.4 Å². The van der Waals surface area contributed by atoms with E-state index in [1.165, 1.54) is 32.4 Å². The van der Waals surface area contributed by atoms with E-state index in [0.717, 1.165) is 6.07 Å². The molecule has 2 amide bonds. The lowest BCUT2D eigenvalue weighted by Gasteiger charge is -2.12. The van der Waals surface area contributed by atoms with Crippen LogP contribution >= 0.6 is 0 Å². The van der Waals surface area contributed by atoms with E-state index in [0.29, 0.717) is 0 Å². The predicted molar refractivity (Wildman–Crippen MR) is 101 cm³/mol. The third-order valence-electron chi connectivity index (χ3n) is 3.47. The van der Waals surface area contributed by atoms with Crippen LogP contribution in [0.3, 0.4) is 0 Å². The Morgan fingerprint density at radius 3 is 2.40 bits per heavy atom. The van der Waals surface area contributed by atoms with Crippen LogP contribution in [0.2, 0.25) is 0 Å². The molecule has 30 heavy (non-hydrogen) atoms. The Hall–Kier alpha value is -4.10. The summed E-state index contributed by atoms with van der Waals surface area (Å²) in [4.78, 5) is 33.2. The van der Waals surface area contributed by atoms with Crippen LogP contribution in [-0.2, 0) is 16.6 Å². The highest BCUT2D eigenvalue weighted by molar-refractivity contribution is 7.90. The van der Waals surface area contributed by atoms with Crippen molar-refractivity contribution in [3.05, 3.63) is 45.8 Å². The van der Waals surface area contributed by atoms with Gasteiger partial charge in [0.1, 0.15) is 4.90 Å². The summed E-state index contributed by atoms with van der Waals surface area (Å²) in [5.41, 5.74) is 7.73. The number of anilines is 1. The lowest BCUT2D eigenvalue weighted by atomic mass is 10.1. The summed E-state index contributed by atoms with van der Waals surface area (Å²) in [5, 5.41) is 14.7. The number of ether oxygens (including phenoxy) is 2. The van der Waals surface area contributed by atoms with Gasteiger partial charge >= 0.3 is 12.0 Å². The van der Waals surface area contributed by atoms with Gasteiger partial charge in [0.05, 0.1) is 32.4 Å². The molecular formula is C15H15N7O7S. The highest BCUT2D eigenvalue weighted by Crippen LogP contribution is 2.22. The molecule has 0 spiro atoms. The first-order valence-corrected chi connectivity index (χ1v) is 9.37. The molecular weight excluding hydrogens is 422 g/mol. The van der Waals surface area contributed by atoms with E-state index in [1.807, 2.05) is 0 Å². The number of nitrogens with one attached hydrogen (secondary N) is 2. The van der Waals surface area contributed by atoms with Crippen molar-refractivity contribution in [3.8, 4) is 11.8 Å². The van der Waals surface area contributed by atoms with E-state index in [9.17, 15) is 23.1 Å². The van der Waals surface area contributed by atoms with Crippen molar-refractivity contribution in [1.29, 1.82) is 0 Å². The molecule has 1 aromatic heterocycles. The number of amides is 2. The van der Waals surface area contributed by atoms with Crippen molar-refractivity contribution in [2.45, 2.75) is 11.4 Å². The number of nitrogens with zero attached hydrogens (tertiary/aromatic N) is 5. The van der Waals surface area contributed by atoms with Crippen molar-refractivity contribution in [2.75, 3.05) is 19.5 Å². The van der Waals surface area contributed by atoms with E-state index in [2.05, 4.69) is 25.3 Å². The summed E-state index contributed by atoms with van der Waals surface area (Å²) in [6.45, 7) is -0.398. The molecule has 0 aliphatic heterocycles. The van der Waals surface area contributed by atoms with Gasteiger partial charge in [-0.15, -0.1) is 0 Å². The largest absolute Gasteiger partial charge is 0.481 e. The number of carbonyl (C=O) groups excluding carboxylic acids is 1. The predicted octanol–water partition coefficient (Wildman–Crippen LogP) is 1.51. The maximum atomic E-state index is 12.6. The van der Waals surface area contributed by atoms with Gasteiger partial charge < -0.3 is 14.6 Å². The second kappa shape index (κ2) is 9.40. The highest BCUT2D eigenvalue weighted by Gasteiger charge is 2.27. The second-order valence-corrected chi connectivity index (χ2v) is 6.97. The Morgan fingerprint density at radius 1 is 1.23 bits per heavy atom.